The number of ketones is 1. The Labute approximate surface area is 189 Å². The molecule has 0 radical (unpaired) electrons. The van der Waals surface area contributed by atoms with E-state index in [1.807, 2.05) is 18.5 Å². The highest BCUT2D eigenvalue weighted by atomic mass is 32.2. The lowest BCUT2D eigenvalue weighted by Crippen LogP contribution is -2.15. The van der Waals surface area contributed by atoms with Crippen molar-refractivity contribution in [2.24, 2.45) is 7.05 Å². The monoisotopic (exact) mass is 472 g/mol. The van der Waals surface area contributed by atoms with Crippen LogP contribution in [-0.2, 0) is 21.9 Å². The van der Waals surface area contributed by atoms with Gasteiger partial charge in [-0.3, -0.25) is 14.9 Å². The first-order valence-corrected chi connectivity index (χ1v) is 11.0. The van der Waals surface area contributed by atoms with Gasteiger partial charge in [0.05, 0.1) is 10.5 Å². The molecule has 10 nitrogen and oxygen atoms in total. The summed E-state index contributed by atoms with van der Waals surface area (Å²) in [5, 5.41) is 10.9. The average molecular weight is 472 g/mol. The molecule has 0 saturated carbocycles. The highest BCUT2D eigenvalue weighted by molar-refractivity contribution is 7.87. The number of carbonyl (C=O) groups excluding carboxylic acids is 2. The van der Waals surface area contributed by atoms with Gasteiger partial charge in [0, 0.05) is 36.1 Å². The standard InChI is InChI=1S/C22H20N2O8S/c1-14-11-20(15(2)23(14)3)21(25)13-31-22(26)16-7-9-18(10-8-16)32-33(29,30)19-6-4-5-17(12-19)24(27)28/h4-12H,13H2,1-3H3. The first kappa shape index (κ1) is 23.7. The fourth-order valence-electron chi connectivity index (χ4n) is 3.00. The molecule has 1 aromatic heterocycles. The van der Waals surface area contributed by atoms with Crippen molar-refractivity contribution >= 4 is 27.6 Å². The van der Waals surface area contributed by atoms with Gasteiger partial charge in [-0.05, 0) is 50.2 Å². The summed E-state index contributed by atoms with van der Waals surface area (Å²) < 4.78 is 36.7. The van der Waals surface area contributed by atoms with E-state index in [0.29, 0.717) is 5.56 Å². The lowest BCUT2D eigenvalue weighted by Gasteiger charge is -2.08. The van der Waals surface area contributed by atoms with Gasteiger partial charge < -0.3 is 13.5 Å². The average Bonchev–Trinajstić information content (AvgIpc) is 3.05. The van der Waals surface area contributed by atoms with E-state index >= 15 is 0 Å². The van der Waals surface area contributed by atoms with Crippen LogP contribution < -0.4 is 4.18 Å². The van der Waals surface area contributed by atoms with Crippen molar-refractivity contribution in [1.82, 2.24) is 4.57 Å². The second-order valence-corrected chi connectivity index (χ2v) is 8.71. The number of carbonyl (C=O) groups is 2. The SMILES string of the molecule is Cc1cc(C(=O)COC(=O)c2ccc(OS(=O)(=O)c3cccc([N+](=O)[O-])c3)cc2)c(C)n1C. The predicted octanol–water partition coefficient (Wildman–Crippen LogP) is 3.36. The Balaban J connectivity index is 1.65. The number of nitro benzene ring substituents is 1. The Morgan fingerprint density at radius 2 is 1.73 bits per heavy atom. The van der Waals surface area contributed by atoms with Gasteiger partial charge >= 0.3 is 16.1 Å². The lowest BCUT2D eigenvalue weighted by molar-refractivity contribution is -0.385. The lowest BCUT2D eigenvalue weighted by atomic mass is 10.1. The van der Waals surface area contributed by atoms with Crippen LogP contribution in [0.4, 0.5) is 5.69 Å². The molecular formula is C22H20N2O8S. The van der Waals surface area contributed by atoms with Gasteiger partial charge in [0.25, 0.3) is 5.69 Å². The fraction of sp³-hybridized carbons (Fsp3) is 0.182. The molecular weight excluding hydrogens is 452 g/mol. The summed E-state index contributed by atoms with van der Waals surface area (Å²) in [5.41, 5.74) is 1.83. The van der Waals surface area contributed by atoms with Crippen LogP contribution in [0.15, 0.2) is 59.5 Å². The largest absolute Gasteiger partial charge is 0.454 e. The molecule has 0 spiro atoms. The number of nitrogens with zero attached hydrogens (tertiary/aromatic N) is 2. The molecule has 1 heterocycles. The Bertz CT molecular complexity index is 1340. The van der Waals surface area contributed by atoms with Crippen molar-refractivity contribution in [2.45, 2.75) is 18.7 Å². The molecule has 0 atom stereocenters. The molecule has 0 aliphatic carbocycles. The predicted molar refractivity (Wildman–Crippen MR) is 117 cm³/mol. The van der Waals surface area contributed by atoms with Gasteiger partial charge in [-0.2, -0.15) is 8.42 Å². The number of non-ortho nitro benzene ring substituents is 1. The van der Waals surface area contributed by atoms with Crippen LogP contribution in [0.25, 0.3) is 0 Å². The van der Waals surface area contributed by atoms with Gasteiger partial charge in [0.15, 0.2) is 6.61 Å². The Hall–Kier alpha value is -3.99. The van der Waals surface area contributed by atoms with E-state index in [4.69, 9.17) is 8.92 Å². The number of hydrogen-bond acceptors (Lipinski definition) is 8. The molecule has 0 saturated heterocycles. The number of rotatable bonds is 8. The van der Waals surface area contributed by atoms with Gasteiger partial charge in [-0.1, -0.05) is 6.07 Å². The Morgan fingerprint density at radius 3 is 2.30 bits per heavy atom. The van der Waals surface area contributed by atoms with E-state index in [9.17, 15) is 28.1 Å². The van der Waals surface area contributed by atoms with E-state index in [2.05, 4.69) is 0 Å². The number of esters is 1. The summed E-state index contributed by atoms with van der Waals surface area (Å²) in [4.78, 5) is 34.4. The minimum Gasteiger partial charge on any atom is -0.454 e. The maximum Gasteiger partial charge on any atom is 0.339 e. The molecule has 3 aromatic rings. The zero-order chi connectivity index (χ0) is 24.3. The summed E-state index contributed by atoms with van der Waals surface area (Å²) >= 11 is 0. The molecule has 0 aliphatic rings. The molecule has 0 aliphatic heterocycles. The quantitative estimate of drug-likeness (QED) is 0.160. The van der Waals surface area contributed by atoms with Crippen LogP contribution in [0.3, 0.4) is 0 Å². The van der Waals surface area contributed by atoms with Gasteiger partial charge in [0.1, 0.15) is 10.6 Å². The van der Waals surface area contributed by atoms with Crippen molar-refractivity contribution in [3.05, 3.63) is 87.2 Å². The Morgan fingerprint density at radius 1 is 1.06 bits per heavy atom. The van der Waals surface area contributed by atoms with Gasteiger partial charge in [-0.25, -0.2) is 4.79 Å². The number of benzene rings is 2. The zero-order valence-corrected chi connectivity index (χ0v) is 18.8. The minimum atomic E-state index is -4.33. The molecule has 0 unspecified atom stereocenters. The number of nitro groups is 1. The van der Waals surface area contributed by atoms with Gasteiger partial charge in [-0.15, -0.1) is 0 Å². The third kappa shape index (κ3) is 5.26. The third-order valence-corrected chi connectivity index (χ3v) is 6.27. The van der Waals surface area contributed by atoms with Crippen molar-refractivity contribution in [2.75, 3.05) is 6.61 Å². The van der Waals surface area contributed by atoms with E-state index in [1.165, 1.54) is 36.4 Å². The normalized spacial score (nSPS) is 11.1. The van der Waals surface area contributed by atoms with E-state index in [-0.39, 0.29) is 22.0 Å². The molecule has 0 bridgehead atoms. The fourth-order valence-corrected chi connectivity index (χ4v) is 3.97. The molecule has 0 fully saturated rings. The maximum absolute atomic E-state index is 12.4. The van der Waals surface area contributed by atoms with Crippen molar-refractivity contribution in [3.63, 3.8) is 0 Å². The highest BCUT2D eigenvalue weighted by Crippen LogP contribution is 2.22. The maximum atomic E-state index is 12.4. The number of aromatic nitrogens is 1. The molecule has 33 heavy (non-hydrogen) atoms. The third-order valence-electron chi connectivity index (χ3n) is 5.02. The molecule has 0 N–H and O–H groups in total. The Kier molecular flexibility index (Phi) is 6.63. The molecule has 11 heteroatoms. The van der Waals surface area contributed by atoms with Gasteiger partial charge in [0.2, 0.25) is 5.78 Å². The number of hydrogen-bond donors (Lipinski definition) is 0. The van der Waals surface area contributed by atoms with Crippen LogP contribution >= 0.6 is 0 Å². The second-order valence-electron chi connectivity index (χ2n) is 7.16. The number of ether oxygens (including phenoxy) is 1. The van der Waals surface area contributed by atoms with Crippen LogP contribution in [-0.4, -0.2) is 36.3 Å². The van der Waals surface area contributed by atoms with Crippen molar-refractivity contribution < 1.29 is 31.9 Å². The second kappa shape index (κ2) is 9.25. The van der Waals surface area contributed by atoms with E-state index in [0.717, 1.165) is 23.5 Å². The topological polar surface area (TPSA) is 135 Å². The summed E-state index contributed by atoms with van der Waals surface area (Å²) in [6.07, 6.45) is 0. The smallest absolute Gasteiger partial charge is 0.339 e. The first-order valence-electron chi connectivity index (χ1n) is 9.62. The summed E-state index contributed by atoms with van der Waals surface area (Å²) in [5.74, 6) is -1.21. The van der Waals surface area contributed by atoms with Crippen LogP contribution in [0.1, 0.15) is 32.1 Å². The molecule has 172 valence electrons. The molecule has 0 amide bonds. The summed E-state index contributed by atoms with van der Waals surface area (Å²) in [7, 11) is -2.50. The van der Waals surface area contributed by atoms with E-state index < -0.39 is 33.3 Å². The van der Waals surface area contributed by atoms with Crippen LogP contribution in [0.5, 0.6) is 5.75 Å². The molecule has 2 aromatic carbocycles. The van der Waals surface area contributed by atoms with E-state index in [1.54, 1.807) is 13.0 Å². The zero-order valence-electron chi connectivity index (χ0n) is 18.0. The number of Topliss-reactive ketones (excluding diaryl/α,β-unsaturated/α-hetero) is 1. The first-order chi connectivity index (χ1) is 15.5. The molecule has 3 rings (SSSR count). The van der Waals surface area contributed by atoms with Crippen LogP contribution in [0.2, 0.25) is 0 Å². The minimum absolute atomic E-state index is 0.0869. The van der Waals surface area contributed by atoms with Crippen molar-refractivity contribution in [3.8, 4) is 5.75 Å². The number of aryl methyl sites for hydroxylation is 1. The van der Waals surface area contributed by atoms with Crippen LogP contribution in [0, 0.1) is 24.0 Å². The summed E-state index contributed by atoms with van der Waals surface area (Å²) in [6.45, 7) is 3.21. The highest BCUT2D eigenvalue weighted by Gasteiger charge is 2.21. The van der Waals surface area contributed by atoms with Crippen molar-refractivity contribution in [1.29, 1.82) is 0 Å². The summed E-state index contributed by atoms with van der Waals surface area (Å²) in [6, 6.07) is 11.2.